The van der Waals surface area contributed by atoms with E-state index in [-0.39, 0.29) is 18.9 Å². The molecule has 6 heteroatoms. The monoisotopic (exact) mass is 298 g/mol. The molecule has 0 aliphatic carbocycles. The third kappa shape index (κ3) is 5.30. The Balaban J connectivity index is 2.64. The molecule has 0 aliphatic rings. The van der Waals surface area contributed by atoms with E-state index in [1.807, 2.05) is 11.4 Å². The van der Waals surface area contributed by atoms with Crippen LogP contribution in [0.1, 0.15) is 29.9 Å². The molecule has 0 saturated heterocycles. The van der Waals surface area contributed by atoms with Gasteiger partial charge in [0.15, 0.2) is 0 Å². The van der Waals surface area contributed by atoms with Gasteiger partial charge < -0.3 is 14.9 Å². The van der Waals surface area contributed by atoms with Crippen molar-refractivity contribution in [2.45, 2.75) is 20.3 Å². The maximum atomic E-state index is 12.3. The molecule has 0 fully saturated rings. The Bertz CT molecular complexity index is 416. The molecule has 1 heterocycles. The lowest BCUT2D eigenvalue weighted by Gasteiger charge is -2.25. The van der Waals surface area contributed by atoms with Gasteiger partial charge in [-0.15, -0.1) is 11.3 Å². The number of thiophene rings is 1. The summed E-state index contributed by atoms with van der Waals surface area (Å²) in [6, 6.07) is 3.61. The number of nitrogens with zero attached hydrogens (tertiary/aromatic N) is 2. The van der Waals surface area contributed by atoms with E-state index >= 15 is 0 Å². The Morgan fingerprint density at radius 3 is 2.40 bits per heavy atom. The van der Waals surface area contributed by atoms with Gasteiger partial charge in [-0.2, -0.15) is 0 Å². The SMILES string of the molecule is CCN(CC)CCN(CCC(=O)O)C(=O)c1cccs1. The van der Waals surface area contributed by atoms with Crippen LogP contribution >= 0.6 is 11.3 Å². The van der Waals surface area contributed by atoms with E-state index < -0.39 is 5.97 Å². The molecular formula is C14H22N2O3S. The molecule has 1 aromatic rings. The summed E-state index contributed by atoms with van der Waals surface area (Å²) in [4.78, 5) is 27.6. The second-order valence-electron chi connectivity index (χ2n) is 4.44. The topological polar surface area (TPSA) is 60.9 Å². The third-order valence-corrected chi connectivity index (χ3v) is 4.05. The zero-order chi connectivity index (χ0) is 15.0. The Kier molecular flexibility index (Phi) is 7.25. The third-order valence-electron chi connectivity index (χ3n) is 3.20. The van der Waals surface area contributed by atoms with Gasteiger partial charge in [-0.05, 0) is 24.5 Å². The van der Waals surface area contributed by atoms with E-state index in [1.165, 1.54) is 11.3 Å². The highest BCUT2D eigenvalue weighted by Gasteiger charge is 2.18. The molecular weight excluding hydrogens is 276 g/mol. The van der Waals surface area contributed by atoms with Crippen LogP contribution in [0.25, 0.3) is 0 Å². The van der Waals surface area contributed by atoms with Crippen LogP contribution < -0.4 is 0 Å². The van der Waals surface area contributed by atoms with Crippen molar-refractivity contribution in [3.8, 4) is 0 Å². The van der Waals surface area contributed by atoms with E-state index in [0.717, 1.165) is 19.6 Å². The average Bonchev–Trinajstić information content (AvgIpc) is 2.96. The van der Waals surface area contributed by atoms with E-state index in [2.05, 4.69) is 18.7 Å². The predicted octanol–water partition coefficient (Wildman–Crippen LogP) is 2.01. The summed E-state index contributed by atoms with van der Waals surface area (Å²) in [5, 5.41) is 10.7. The maximum Gasteiger partial charge on any atom is 0.305 e. The highest BCUT2D eigenvalue weighted by Crippen LogP contribution is 2.12. The molecule has 0 radical (unpaired) electrons. The maximum absolute atomic E-state index is 12.3. The van der Waals surface area contributed by atoms with Crippen molar-refractivity contribution in [3.05, 3.63) is 22.4 Å². The molecule has 0 aliphatic heterocycles. The van der Waals surface area contributed by atoms with E-state index in [4.69, 9.17) is 5.11 Å². The van der Waals surface area contributed by atoms with Gasteiger partial charge >= 0.3 is 5.97 Å². The minimum absolute atomic E-state index is 0.0185. The summed E-state index contributed by atoms with van der Waals surface area (Å²) in [5.74, 6) is -0.953. The van der Waals surface area contributed by atoms with Gasteiger partial charge in [0.1, 0.15) is 0 Å². The van der Waals surface area contributed by atoms with Gasteiger partial charge in [-0.3, -0.25) is 9.59 Å². The fourth-order valence-electron chi connectivity index (χ4n) is 1.90. The number of hydrogen-bond donors (Lipinski definition) is 1. The highest BCUT2D eigenvalue weighted by atomic mass is 32.1. The minimum Gasteiger partial charge on any atom is -0.481 e. The van der Waals surface area contributed by atoms with E-state index in [1.54, 1.807) is 11.0 Å². The van der Waals surface area contributed by atoms with Gasteiger partial charge in [-0.1, -0.05) is 19.9 Å². The number of carboxylic acid groups (broad SMARTS) is 1. The standard InChI is InChI=1S/C14H22N2O3S/c1-3-15(4-2)9-10-16(8-7-13(17)18)14(19)12-6-5-11-20-12/h5-6,11H,3-4,7-10H2,1-2H3,(H,17,18). The number of rotatable bonds is 9. The van der Waals surface area contributed by atoms with Crippen molar-refractivity contribution >= 4 is 23.2 Å². The number of hydrogen-bond acceptors (Lipinski definition) is 4. The first kappa shape index (κ1) is 16.7. The van der Waals surface area contributed by atoms with E-state index in [0.29, 0.717) is 11.4 Å². The molecule has 1 N–H and O–H groups in total. The predicted molar refractivity (Wildman–Crippen MR) is 80.3 cm³/mol. The van der Waals surface area contributed by atoms with Crippen LogP contribution in [0.4, 0.5) is 0 Å². The lowest BCUT2D eigenvalue weighted by atomic mass is 10.3. The number of amides is 1. The normalized spacial score (nSPS) is 10.8. The average molecular weight is 298 g/mol. The molecule has 0 aromatic carbocycles. The fraction of sp³-hybridized carbons (Fsp3) is 0.571. The lowest BCUT2D eigenvalue weighted by molar-refractivity contribution is -0.137. The Labute approximate surface area is 123 Å². The largest absolute Gasteiger partial charge is 0.481 e. The van der Waals surface area contributed by atoms with Crippen molar-refractivity contribution in [2.75, 3.05) is 32.7 Å². The molecule has 1 aromatic heterocycles. The smallest absolute Gasteiger partial charge is 0.305 e. The molecule has 1 rings (SSSR count). The number of likely N-dealkylation sites (N-methyl/N-ethyl adjacent to an activating group) is 1. The Morgan fingerprint density at radius 2 is 1.90 bits per heavy atom. The molecule has 0 bridgehead atoms. The highest BCUT2D eigenvalue weighted by molar-refractivity contribution is 7.12. The summed E-state index contributed by atoms with van der Waals surface area (Å²) in [6.07, 6.45) is -0.0185. The molecule has 1 amide bonds. The number of aliphatic carboxylic acids is 1. The summed E-state index contributed by atoms with van der Waals surface area (Å²) < 4.78 is 0. The second kappa shape index (κ2) is 8.71. The molecule has 0 unspecified atom stereocenters. The van der Waals surface area contributed by atoms with Gasteiger partial charge in [0.25, 0.3) is 5.91 Å². The Hall–Kier alpha value is -1.40. The van der Waals surface area contributed by atoms with Gasteiger partial charge in [0.2, 0.25) is 0 Å². The summed E-state index contributed by atoms with van der Waals surface area (Å²) in [6.45, 7) is 7.59. The molecule has 0 atom stereocenters. The summed E-state index contributed by atoms with van der Waals surface area (Å²) in [5.41, 5.74) is 0. The molecule has 5 nitrogen and oxygen atoms in total. The van der Waals surface area contributed by atoms with Crippen LogP contribution in [0.3, 0.4) is 0 Å². The van der Waals surface area contributed by atoms with Crippen LogP contribution in [-0.4, -0.2) is 59.5 Å². The zero-order valence-electron chi connectivity index (χ0n) is 12.0. The van der Waals surface area contributed by atoms with Crippen LogP contribution in [-0.2, 0) is 4.79 Å². The number of carbonyl (C=O) groups excluding carboxylic acids is 1. The summed E-state index contributed by atoms with van der Waals surface area (Å²) >= 11 is 1.39. The van der Waals surface area contributed by atoms with Crippen molar-refractivity contribution in [1.82, 2.24) is 9.80 Å². The van der Waals surface area contributed by atoms with Crippen LogP contribution in [0.5, 0.6) is 0 Å². The van der Waals surface area contributed by atoms with Crippen molar-refractivity contribution in [3.63, 3.8) is 0 Å². The van der Waals surface area contributed by atoms with Crippen LogP contribution in [0.2, 0.25) is 0 Å². The molecule has 0 saturated carbocycles. The first-order valence-corrected chi connectivity index (χ1v) is 7.73. The fourth-order valence-corrected chi connectivity index (χ4v) is 2.59. The van der Waals surface area contributed by atoms with Crippen LogP contribution in [0, 0.1) is 0 Å². The number of carbonyl (C=O) groups is 2. The van der Waals surface area contributed by atoms with Gasteiger partial charge in [-0.25, -0.2) is 0 Å². The summed E-state index contributed by atoms with van der Waals surface area (Å²) in [7, 11) is 0. The lowest BCUT2D eigenvalue weighted by Crippen LogP contribution is -2.39. The van der Waals surface area contributed by atoms with Crippen molar-refractivity contribution in [1.29, 1.82) is 0 Å². The minimum atomic E-state index is -0.878. The first-order chi connectivity index (χ1) is 9.58. The van der Waals surface area contributed by atoms with Gasteiger partial charge in [0, 0.05) is 19.6 Å². The first-order valence-electron chi connectivity index (χ1n) is 6.85. The zero-order valence-corrected chi connectivity index (χ0v) is 12.9. The number of carboxylic acids is 1. The van der Waals surface area contributed by atoms with Gasteiger partial charge in [0.05, 0.1) is 11.3 Å². The molecule has 20 heavy (non-hydrogen) atoms. The quantitative estimate of drug-likeness (QED) is 0.757. The van der Waals surface area contributed by atoms with Crippen molar-refractivity contribution < 1.29 is 14.7 Å². The second-order valence-corrected chi connectivity index (χ2v) is 5.39. The molecule has 112 valence electrons. The Morgan fingerprint density at radius 1 is 1.20 bits per heavy atom. The van der Waals surface area contributed by atoms with Crippen molar-refractivity contribution in [2.24, 2.45) is 0 Å². The molecule has 0 spiro atoms. The van der Waals surface area contributed by atoms with E-state index in [9.17, 15) is 9.59 Å². The van der Waals surface area contributed by atoms with Crippen LogP contribution in [0.15, 0.2) is 17.5 Å².